The first kappa shape index (κ1) is 31.0. The van der Waals surface area contributed by atoms with Crippen molar-refractivity contribution < 1.29 is 4.42 Å². The molecule has 10 aromatic rings. The molecular weight excluding hydrogens is 685 g/mol. The van der Waals surface area contributed by atoms with E-state index in [0.29, 0.717) is 17.5 Å². The maximum Gasteiger partial charge on any atom is 0.164 e. The standard InChI is InChI=1S/C51H32N4O/c1-3-14-31(15-4-1)49-52-50(32-16-5-2-6-17-32)54-51(53-49)40-23-13-25-44-47(40)48-45(56-44)29-28-43-46(48)39-22-11-12-24-42(39)55(43)33-26-27-38-36-20-8-7-18-34(36)35-19-9-10-21-37(35)41(38)30-33/h1-30,43,46H. The van der Waals surface area contributed by atoms with Crippen LogP contribution < -0.4 is 4.90 Å². The summed E-state index contributed by atoms with van der Waals surface area (Å²) in [7, 11) is 0. The Morgan fingerprint density at radius 2 is 1.05 bits per heavy atom. The number of furan rings is 1. The van der Waals surface area contributed by atoms with E-state index in [2.05, 4.69) is 120 Å². The minimum Gasteiger partial charge on any atom is -0.456 e. The van der Waals surface area contributed by atoms with Gasteiger partial charge in [-0.3, -0.25) is 0 Å². The molecule has 1 aliphatic heterocycles. The normalized spacial score (nSPS) is 15.8. The van der Waals surface area contributed by atoms with Crippen molar-refractivity contribution in [2.24, 2.45) is 0 Å². The monoisotopic (exact) mass is 716 g/mol. The molecule has 0 saturated heterocycles. The van der Waals surface area contributed by atoms with E-state index < -0.39 is 0 Å². The highest BCUT2D eigenvalue weighted by atomic mass is 16.3. The van der Waals surface area contributed by atoms with Crippen LogP contribution in [0.3, 0.4) is 0 Å². The molecule has 3 heterocycles. The number of fused-ring (bicyclic) bond motifs is 13. The van der Waals surface area contributed by atoms with E-state index in [1.54, 1.807) is 0 Å². The van der Waals surface area contributed by atoms with Crippen LogP contribution in [0.1, 0.15) is 22.8 Å². The Morgan fingerprint density at radius 1 is 0.482 bits per heavy atom. The number of hydrogen-bond acceptors (Lipinski definition) is 5. The van der Waals surface area contributed by atoms with E-state index in [0.717, 1.165) is 39.1 Å². The summed E-state index contributed by atoms with van der Waals surface area (Å²) >= 11 is 0. The largest absolute Gasteiger partial charge is 0.456 e. The summed E-state index contributed by atoms with van der Waals surface area (Å²) in [4.78, 5) is 17.8. The molecule has 2 unspecified atom stereocenters. The lowest BCUT2D eigenvalue weighted by Crippen LogP contribution is -2.30. The maximum atomic E-state index is 6.72. The van der Waals surface area contributed by atoms with Gasteiger partial charge in [0.1, 0.15) is 11.3 Å². The molecule has 0 spiro atoms. The summed E-state index contributed by atoms with van der Waals surface area (Å²) in [6.45, 7) is 0. The van der Waals surface area contributed by atoms with Gasteiger partial charge >= 0.3 is 0 Å². The van der Waals surface area contributed by atoms with E-state index in [9.17, 15) is 0 Å². The molecule has 56 heavy (non-hydrogen) atoms. The van der Waals surface area contributed by atoms with Crippen LogP contribution in [-0.2, 0) is 0 Å². The Morgan fingerprint density at radius 3 is 1.73 bits per heavy atom. The number of para-hydroxylation sites is 1. The molecule has 1 aliphatic carbocycles. The van der Waals surface area contributed by atoms with Crippen LogP contribution in [0.15, 0.2) is 180 Å². The SMILES string of the molecule is C1=CC2C(c3ccccc3N2c2ccc3c4ccccc4c4ccccc4c3c2)c2c1oc1cccc(-c3nc(-c4ccccc4)nc(-c4ccccc4)n3)c21. The van der Waals surface area contributed by atoms with Gasteiger partial charge in [-0.25, -0.2) is 15.0 Å². The van der Waals surface area contributed by atoms with E-state index >= 15 is 0 Å². The molecule has 2 aliphatic rings. The minimum absolute atomic E-state index is 0.0154. The lowest BCUT2D eigenvalue weighted by molar-refractivity contribution is 0.584. The lowest BCUT2D eigenvalue weighted by atomic mass is 9.81. The van der Waals surface area contributed by atoms with E-state index in [1.807, 2.05) is 66.7 Å². The van der Waals surface area contributed by atoms with Crippen molar-refractivity contribution in [1.29, 1.82) is 0 Å². The topological polar surface area (TPSA) is 55.1 Å². The summed E-state index contributed by atoms with van der Waals surface area (Å²) in [5, 5.41) is 8.66. The summed E-state index contributed by atoms with van der Waals surface area (Å²) in [6, 6.07) is 60.0. The van der Waals surface area contributed by atoms with Crippen molar-refractivity contribution in [2.75, 3.05) is 4.90 Å². The third-order valence-electron chi connectivity index (χ3n) is 11.7. The number of nitrogens with zero attached hydrogens (tertiary/aromatic N) is 4. The number of hydrogen-bond donors (Lipinski definition) is 0. The summed E-state index contributed by atoms with van der Waals surface area (Å²) < 4.78 is 6.72. The third-order valence-corrected chi connectivity index (χ3v) is 11.7. The van der Waals surface area contributed by atoms with Crippen LogP contribution >= 0.6 is 0 Å². The maximum absolute atomic E-state index is 6.72. The summed E-state index contributed by atoms with van der Waals surface area (Å²) in [6.07, 6.45) is 4.49. The zero-order chi connectivity index (χ0) is 36.7. The fourth-order valence-corrected chi connectivity index (χ4v) is 9.27. The lowest BCUT2D eigenvalue weighted by Gasteiger charge is -2.30. The predicted octanol–water partition coefficient (Wildman–Crippen LogP) is 12.8. The van der Waals surface area contributed by atoms with Gasteiger partial charge in [0.15, 0.2) is 17.5 Å². The van der Waals surface area contributed by atoms with Gasteiger partial charge in [0.05, 0.1) is 6.04 Å². The third kappa shape index (κ3) is 4.58. The Bertz CT molecular complexity index is 3130. The van der Waals surface area contributed by atoms with Crippen LogP contribution in [0.4, 0.5) is 11.4 Å². The van der Waals surface area contributed by atoms with Crippen LogP contribution in [0.2, 0.25) is 0 Å². The average Bonchev–Trinajstić information content (AvgIpc) is 3.83. The van der Waals surface area contributed by atoms with Gasteiger partial charge in [0.2, 0.25) is 0 Å². The van der Waals surface area contributed by atoms with E-state index in [1.165, 1.54) is 49.1 Å². The van der Waals surface area contributed by atoms with Crippen LogP contribution in [0, 0.1) is 0 Å². The highest BCUT2D eigenvalue weighted by molar-refractivity contribution is 6.25. The molecule has 0 saturated carbocycles. The van der Waals surface area contributed by atoms with Crippen molar-refractivity contribution in [1.82, 2.24) is 15.0 Å². The molecule has 0 fully saturated rings. The highest BCUT2D eigenvalue weighted by Gasteiger charge is 2.44. The van der Waals surface area contributed by atoms with Crippen LogP contribution in [0.25, 0.3) is 83.5 Å². The molecule has 0 amide bonds. The number of rotatable bonds is 4. The predicted molar refractivity (Wildman–Crippen MR) is 228 cm³/mol. The molecule has 5 heteroatoms. The van der Waals surface area contributed by atoms with Crippen LogP contribution in [0.5, 0.6) is 0 Å². The van der Waals surface area contributed by atoms with E-state index in [-0.39, 0.29) is 12.0 Å². The Balaban J connectivity index is 1.06. The molecular formula is C51H32N4O. The second-order valence-corrected chi connectivity index (χ2v) is 14.7. The van der Waals surface area contributed by atoms with Gasteiger partial charge in [-0.1, -0.05) is 152 Å². The number of aromatic nitrogens is 3. The van der Waals surface area contributed by atoms with Crippen molar-refractivity contribution in [3.8, 4) is 34.2 Å². The molecule has 0 bridgehead atoms. The zero-order valence-electron chi connectivity index (χ0n) is 30.2. The van der Waals surface area contributed by atoms with Crippen molar-refractivity contribution >= 4 is 60.7 Å². The second kappa shape index (κ2) is 12.1. The Labute approximate surface area is 322 Å². The van der Waals surface area contributed by atoms with Crippen molar-refractivity contribution in [3.63, 3.8) is 0 Å². The molecule has 0 N–H and O–H groups in total. The first-order valence-electron chi connectivity index (χ1n) is 19.1. The van der Waals surface area contributed by atoms with Gasteiger partial charge in [-0.2, -0.15) is 0 Å². The van der Waals surface area contributed by atoms with Crippen LogP contribution in [-0.4, -0.2) is 21.0 Å². The fourth-order valence-electron chi connectivity index (χ4n) is 9.27. The van der Waals surface area contributed by atoms with E-state index in [4.69, 9.17) is 19.4 Å². The highest BCUT2D eigenvalue weighted by Crippen LogP contribution is 2.55. The molecule has 12 rings (SSSR count). The van der Waals surface area contributed by atoms with Gasteiger partial charge in [-0.15, -0.1) is 0 Å². The average molecular weight is 717 g/mol. The quantitative estimate of drug-likeness (QED) is 0.170. The van der Waals surface area contributed by atoms with Gasteiger partial charge < -0.3 is 9.32 Å². The summed E-state index contributed by atoms with van der Waals surface area (Å²) in [5.74, 6) is 2.78. The molecule has 8 aromatic carbocycles. The molecule has 5 nitrogen and oxygen atoms in total. The van der Waals surface area contributed by atoms with Crippen molar-refractivity contribution in [2.45, 2.75) is 12.0 Å². The van der Waals surface area contributed by atoms with Crippen molar-refractivity contribution in [3.05, 3.63) is 193 Å². The summed E-state index contributed by atoms with van der Waals surface area (Å²) in [5.41, 5.74) is 8.43. The number of benzene rings is 8. The fraction of sp³-hybridized carbons (Fsp3) is 0.0392. The Kier molecular flexibility index (Phi) is 6.69. The van der Waals surface area contributed by atoms with Gasteiger partial charge in [0.25, 0.3) is 0 Å². The second-order valence-electron chi connectivity index (χ2n) is 14.7. The molecule has 262 valence electrons. The zero-order valence-corrected chi connectivity index (χ0v) is 30.2. The van der Waals surface area contributed by atoms with Gasteiger partial charge in [-0.05, 0) is 68.2 Å². The number of anilines is 2. The smallest absolute Gasteiger partial charge is 0.164 e. The minimum atomic E-state index is 0.0154. The first-order chi connectivity index (χ1) is 27.8. The molecule has 2 aromatic heterocycles. The molecule has 2 atom stereocenters. The first-order valence-corrected chi connectivity index (χ1v) is 19.1. The Hall–Kier alpha value is -7.37. The van der Waals surface area contributed by atoms with Gasteiger partial charge in [0, 0.05) is 44.9 Å². The molecule has 0 radical (unpaired) electrons.